The van der Waals surface area contributed by atoms with E-state index in [2.05, 4.69) is 15.0 Å². The van der Waals surface area contributed by atoms with E-state index < -0.39 is 5.91 Å². The molecule has 3 aromatic rings. The molecule has 24 heavy (non-hydrogen) atoms. The minimum absolute atomic E-state index is 0.154. The maximum Gasteiger partial charge on any atom is 0.250 e. The van der Waals surface area contributed by atoms with Crippen LogP contribution in [-0.4, -0.2) is 28.0 Å². The fraction of sp³-hybridized carbons (Fsp3) is 0.118. The van der Waals surface area contributed by atoms with Crippen LogP contribution in [0.25, 0.3) is 22.6 Å². The Hall–Kier alpha value is -3.35. The Balaban J connectivity index is 2.20. The predicted molar refractivity (Wildman–Crippen MR) is 91.5 cm³/mol. The van der Waals surface area contributed by atoms with Crippen molar-refractivity contribution in [3.63, 3.8) is 0 Å². The zero-order chi connectivity index (χ0) is 17.3. The van der Waals surface area contributed by atoms with Crippen LogP contribution in [0.4, 0.5) is 5.95 Å². The molecule has 0 bridgehead atoms. The first-order valence-corrected chi connectivity index (χ1v) is 7.27. The van der Waals surface area contributed by atoms with Crippen LogP contribution in [0, 0.1) is 6.92 Å². The molecule has 0 aliphatic heterocycles. The van der Waals surface area contributed by atoms with Gasteiger partial charge >= 0.3 is 0 Å². The summed E-state index contributed by atoms with van der Waals surface area (Å²) in [6.45, 7) is 1.92. The molecule has 7 heteroatoms. The van der Waals surface area contributed by atoms with Crippen molar-refractivity contribution in [3.8, 4) is 28.4 Å². The summed E-state index contributed by atoms with van der Waals surface area (Å²) in [5.74, 6) is 0.351. The Kier molecular flexibility index (Phi) is 3.91. The van der Waals surface area contributed by atoms with Gasteiger partial charge in [-0.1, -0.05) is 12.1 Å². The summed E-state index contributed by atoms with van der Waals surface area (Å²) >= 11 is 0. The van der Waals surface area contributed by atoms with E-state index in [1.165, 1.54) is 0 Å². The van der Waals surface area contributed by atoms with Gasteiger partial charge in [-0.2, -0.15) is 0 Å². The summed E-state index contributed by atoms with van der Waals surface area (Å²) in [6, 6.07) is 8.98. The number of rotatable bonds is 4. The van der Waals surface area contributed by atoms with E-state index >= 15 is 0 Å². The van der Waals surface area contributed by atoms with Gasteiger partial charge in [-0.25, -0.2) is 9.97 Å². The average molecular weight is 323 g/mol. The van der Waals surface area contributed by atoms with Crippen LogP contribution in [-0.2, 0) is 0 Å². The lowest BCUT2D eigenvalue weighted by molar-refractivity contribution is 0.100. The quantitative estimate of drug-likeness (QED) is 0.679. The molecule has 1 aromatic carbocycles. The van der Waals surface area contributed by atoms with Gasteiger partial charge in [-0.3, -0.25) is 4.79 Å². The summed E-state index contributed by atoms with van der Waals surface area (Å²) in [5.41, 5.74) is 15.1. The van der Waals surface area contributed by atoms with Crippen LogP contribution in [0.5, 0.6) is 5.75 Å². The van der Waals surface area contributed by atoms with Gasteiger partial charge in [-0.15, -0.1) is 0 Å². The molecule has 0 spiro atoms. The minimum atomic E-state index is -0.531. The number of nitrogens with one attached hydrogen (secondary N) is 1. The lowest BCUT2D eigenvalue weighted by Crippen LogP contribution is -2.11. The van der Waals surface area contributed by atoms with Crippen LogP contribution in [0.15, 0.2) is 36.5 Å². The molecule has 0 radical (unpaired) electrons. The molecule has 2 aromatic heterocycles. The molecule has 0 saturated heterocycles. The summed E-state index contributed by atoms with van der Waals surface area (Å²) in [4.78, 5) is 23.1. The topological polar surface area (TPSA) is 120 Å². The second-order valence-electron chi connectivity index (χ2n) is 5.27. The van der Waals surface area contributed by atoms with Gasteiger partial charge in [0.25, 0.3) is 5.91 Å². The van der Waals surface area contributed by atoms with Crippen molar-refractivity contribution in [2.75, 3.05) is 12.8 Å². The average Bonchev–Trinajstić information content (AvgIpc) is 3.00. The maximum absolute atomic E-state index is 11.9. The number of nitrogen functional groups attached to an aromatic ring is 1. The first kappa shape index (κ1) is 15.5. The number of benzene rings is 1. The van der Waals surface area contributed by atoms with Gasteiger partial charge in [0.15, 0.2) is 0 Å². The molecule has 3 rings (SSSR count). The summed E-state index contributed by atoms with van der Waals surface area (Å²) in [6.07, 6.45) is 1.55. The van der Waals surface area contributed by atoms with Crippen LogP contribution in [0.1, 0.15) is 15.9 Å². The third-order valence-electron chi connectivity index (χ3n) is 3.81. The second-order valence-corrected chi connectivity index (χ2v) is 5.27. The number of aromatic nitrogens is 3. The van der Waals surface area contributed by atoms with E-state index in [1.807, 2.05) is 25.1 Å². The Bertz CT molecular complexity index is 917. The van der Waals surface area contributed by atoms with E-state index in [4.69, 9.17) is 16.2 Å². The van der Waals surface area contributed by atoms with Crippen molar-refractivity contribution in [1.29, 1.82) is 0 Å². The van der Waals surface area contributed by atoms with Gasteiger partial charge in [0.05, 0.1) is 29.8 Å². The number of nitrogens with zero attached hydrogens (tertiary/aromatic N) is 2. The maximum atomic E-state index is 11.9. The molecule has 0 unspecified atom stereocenters. The SMILES string of the molecule is COc1cccc(-c2[nH]c(-c3ccnc(N)n3)cc2C(N)=O)c1C. The predicted octanol–water partition coefficient (Wildman–Crippen LogP) is 2.14. The van der Waals surface area contributed by atoms with Crippen molar-refractivity contribution in [1.82, 2.24) is 15.0 Å². The Morgan fingerprint density at radius 1 is 1.29 bits per heavy atom. The highest BCUT2D eigenvalue weighted by molar-refractivity contribution is 6.01. The molecular formula is C17H17N5O2. The highest BCUT2D eigenvalue weighted by Crippen LogP contribution is 2.33. The molecule has 0 atom stereocenters. The standard InChI is InChI=1S/C17H17N5O2/c1-9-10(4-3-5-14(9)24-2)15-11(16(18)23)8-13(21-15)12-6-7-20-17(19)22-12/h3-8,21H,1-2H3,(H2,18,23)(H2,19,20,22). The lowest BCUT2D eigenvalue weighted by atomic mass is 10.0. The Morgan fingerprint density at radius 3 is 2.75 bits per heavy atom. The van der Waals surface area contributed by atoms with E-state index in [9.17, 15) is 4.79 Å². The fourth-order valence-electron chi connectivity index (χ4n) is 2.63. The van der Waals surface area contributed by atoms with Gasteiger partial charge in [0, 0.05) is 17.3 Å². The van der Waals surface area contributed by atoms with Crippen molar-refractivity contribution >= 4 is 11.9 Å². The van der Waals surface area contributed by atoms with Crippen LogP contribution >= 0.6 is 0 Å². The van der Waals surface area contributed by atoms with Crippen molar-refractivity contribution in [2.24, 2.45) is 5.73 Å². The number of ether oxygens (including phenoxy) is 1. The molecule has 7 nitrogen and oxygen atoms in total. The minimum Gasteiger partial charge on any atom is -0.496 e. The molecule has 1 amide bonds. The number of hydrogen-bond acceptors (Lipinski definition) is 5. The lowest BCUT2D eigenvalue weighted by Gasteiger charge is -2.10. The van der Waals surface area contributed by atoms with Crippen LogP contribution in [0.2, 0.25) is 0 Å². The highest BCUT2D eigenvalue weighted by Gasteiger charge is 2.18. The number of amides is 1. The molecule has 122 valence electrons. The monoisotopic (exact) mass is 323 g/mol. The molecule has 5 N–H and O–H groups in total. The molecule has 0 saturated carbocycles. The third kappa shape index (κ3) is 2.67. The third-order valence-corrected chi connectivity index (χ3v) is 3.81. The smallest absolute Gasteiger partial charge is 0.250 e. The number of primary amides is 1. The van der Waals surface area contributed by atoms with Gasteiger partial charge < -0.3 is 21.2 Å². The summed E-state index contributed by atoms with van der Waals surface area (Å²) in [5, 5.41) is 0. The Morgan fingerprint density at radius 2 is 2.08 bits per heavy atom. The van der Waals surface area contributed by atoms with Crippen molar-refractivity contribution < 1.29 is 9.53 Å². The van der Waals surface area contributed by atoms with E-state index in [1.54, 1.807) is 25.4 Å². The van der Waals surface area contributed by atoms with E-state index in [-0.39, 0.29) is 5.95 Å². The molecule has 0 fully saturated rings. The van der Waals surface area contributed by atoms with Gasteiger partial charge in [0.1, 0.15) is 5.75 Å². The molecule has 2 heterocycles. The largest absolute Gasteiger partial charge is 0.496 e. The highest BCUT2D eigenvalue weighted by atomic mass is 16.5. The zero-order valence-corrected chi connectivity index (χ0v) is 13.3. The first-order chi connectivity index (χ1) is 11.5. The number of carbonyl (C=O) groups excluding carboxylic acids is 1. The first-order valence-electron chi connectivity index (χ1n) is 7.27. The fourth-order valence-corrected chi connectivity index (χ4v) is 2.63. The number of aromatic amines is 1. The van der Waals surface area contributed by atoms with Crippen molar-refractivity contribution in [3.05, 3.63) is 47.7 Å². The second kappa shape index (κ2) is 6.04. The number of nitrogens with two attached hydrogens (primary N) is 2. The number of H-pyrrole nitrogens is 1. The number of anilines is 1. The van der Waals surface area contributed by atoms with Crippen LogP contribution < -0.4 is 16.2 Å². The molecule has 0 aliphatic rings. The van der Waals surface area contributed by atoms with E-state index in [0.717, 1.165) is 16.9 Å². The summed E-state index contributed by atoms with van der Waals surface area (Å²) in [7, 11) is 1.60. The Labute approximate surface area is 138 Å². The molecule has 0 aliphatic carbocycles. The normalized spacial score (nSPS) is 10.6. The summed E-state index contributed by atoms with van der Waals surface area (Å²) < 4.78 is 5.35. The van der Waals surface area contributed by atoms with Crippen molar-refractivity contribution in [2.45, 2.75) is 6.92 Å². The van der Waals surface area contributed by atoms with E-state index in [0.29, 0.717) is 22.6 Å². The van der Waals surface area contributed by atoms with Crippen LogP contribution in [0.3, 0.4) is 0 Å². The molecular weight excluding hydrogens is 306 g/mol. The number of carbonyl (C=O) groups is 1. The zero-order valence-electron chi connectivity index (χ0n) is 13.3. The number of hydrogen-bond donors (Lipinski definition) is 3. The van der Waals surface area contributed by atoms with Gasteiger partial charge in [-0.05, 0) is 25.1 Å². The van der Waals surface area contributed by atoms with Gasteiger partial charge in [0.2, 0.25) is 5.95 Å². The number of methoxy groups -OCH3 is 1.